The van der Waals surface area contributed by atoms with Crippen LogP contribution >= 0.6 is 0 Å². The van der Waals surface area contributed by atoms with Crippen LogP contribution in [0.2, 0.25) is 0 Å². The van der Waals surface area contributed by atoms with Gasteiger partial charge in [-0.15, -0.1) is 0 Å². The third-order valence-corrected chi connectivity index (χ3v) is 3.28. The Kier molecular flexibility index (Phi) is 4.98. The molecule has 1 heterocycles. The molecule has 17 heavy (non-hydrogen) atoms. The smallest absolute Gasteiger partial charge is 0.0933 e. The fourth-order valence-corrected chi connectivity index (χ4v) is 2.17. The van der Waals surface area contributed by atoms with Gasteiger partial charge in [0.1, 0.15) is 0 Å². The van der Waals surface area contributed by atoms with E-state index in [4.69, 9.17) is 4.84 Å². The van der Waals surface area contributed by atoms with Crippen LogP contribution in [0.15, 0.2) is 30.3 Å². The molecule has 0 bridgehead atoms. The zero-order chi connectivity index (χ0) is 11.9. The summed E-state index contributed by atoms with van der Waals surface area (Å²) >= 11 is 0. The summed E-state index contributed by atoms with van der Waals surface area (Å²) in [6.45, 7) is 3.01. The number of hydrogen-bond donors (Lipinski definition) is 1. The first kappa shape index (κ1) is 12.6. The first-order chi connectivity index (χ1) is 8.34. The molecule has 0 radical (unpaired) electrons. The molecule has 0 aromatic heterocycles. The van der Waals surface area contributed by atoms with E-state index >= 15 is 0 Å². The molecule has 0 saturated carbocycles. The summed E-state index contributed by atoms with van der Waals surface area (Å²) < 4.78 is 0. The van der Waals surface area contributed by atoms with Gasteiger partial charge in [0.05, 0.1) is 6.61 Å². The van der Waals surface area contributed by atoms with Crippen LogP contribution in [0.5, 0.6) is 0 Å². The van der Waals surface area contributed by atoms with Crippen LogP contribution in [-0.2, 0) is 11.4 Å². The first-order valence-corrected chi connectivity index (χ1v) is 6.44. The van der Waals surface area contributed by atoms with Crippen LogP contribution in [0, 0.1) is 0 Å². The molecule has 2 rings (SSSR count). The fourth-order valence-electron chi connectivity index (χ4n) is 2.17. The number of hydroxylamine groups is 1. The lowest BCUT2D eigenvalue weighted by Gasteiger charge is -2.16. The van der Waals surface area contributed by atoms with Crippen molar-refractivity contribution < 1.29 is 4.84 Å². The molecule has 1 aromatic carbocycles. The Morgan fingerprint density at radius 3 is 2.88 bits per heavy atom. The fraction of sp³-hybridized carbons (Fsp3) is 0.571. The van der Waals surface area contributed by atoms with Crippen molar-refractivity contribution >= 4 is 0 Å². The molecule has 1 saturated heterocycles. The Labute approximate surface area is 104 Å². The van der Waals surface area contributed by atoms with Crippen molar-refractivity contribution in [3.05, 3.63) is 35.9 Å². The van der Waals surface area contributed by atoms with Gasteiger partial charge in [0.2, 0.25) is 0 Å². The van der Waals surface area contributed by atoms with Gasteiger partial charge in [0.15, 0.2) is 0 Å². The monoisotopic (exact) mass is 234 g/mol. The lowest BCUT2D eigenvalue weighted by atomic mass is 10.1. The van der Waals surface area contributed by atoms with Crippen molar-refractivity contribution in [2.24, 2.45) is 0 Å². The molecule has 1 aromatic rings. The zero-order valence-corrected chi connectivity index (χ0v) is 10.6. The maximum atomic E-state index is 5.58. The summed E-state index contributed by atoms with van der Waals surface area (Å²) in [5.74, 6) is 0. The summed E-state index contributed by atoms with van der Waals surface area (Å²) in [4.78, 5) is 7.97. The molecule has 94 valence electrons. The lowest BCUT2D eigenvalue weighted by Crippen LogP contribution is -2.30. The van der Waals surface area contributed by atoms with E-state index in [2.05, 4.69) is 29.6 Å². The van der Waals surface area contributed by atoms with E-state index in [1.165, 1.54) is 31.4 Å². The minimum absolute atomic E-state index is 0.503. The Balaban J connectivity index is 1.68. The zero-order valence-electron chi connectivity index (χ0n) is 10.6. The Bertz CT molecular complexity index is 315. The molecule has 1 atom stereocenters. The highest BCUT2D eigenvalue weighted by molar-refractivity contribution is 5.13. The number of hydrogen-bond acceptors (Lipinski definition) is 3. The lowest BCUT2D eigenvalue weighted by molar-refractivity contribution is 0.000533. The SMILES string of the molecule is CN1CCCC(NOCc2ccccc2)CC1. The molecular formula is C14H22N2O. The van der Waals surface area contributed by atoms with E-state index in [1.807, 2.05) is 18.2 Å². The summed E-state index contributed by atoms with van der Waals surface area (Å²) in [5, 5.41) is 0. The largest absolute Gasteiger partial charge is 0.306 e. The summed E-state index contributed by atoms with van der Waals surface area (Å²) in [6.07, 6.45) is 3.63. The second kappa shape index (κ2) is 6.74. The van der Waals surface area contributed by atoms with Crippen LogP contribution in [0.4, 0.5) is 0 Å². The molecular weight excluding hydrogens is 212 g/mol. The normalized spacial score (nSPS) is 22.3. The number of nitrogens with zero attached hydrogens (tertiary/aromatic N) is 1. The molecule has 3 heteroatoms. The van der Waals surface area contributed by atoms with Crippen LogP contribution in [-0.4, -0.2) is 31.1 Å². The summed E-state index contributed by atoms with van der Waals surface area (Å²) in [5.41, 5.74) is 4.42. The van der Waals surface area contributed by atoms with Gasteiger partial charge in [-0.05, 0) is 45.0 Å². The first-order valence-electron chi connectivity index (χ1n) is 6.44. The third kappa shape index (κ3) is 4.46. The average molecular weight is 234 g/mol. The highest BCUT2D eigenvalue weighted by atomic mass is 16.6. The van der Waals surface area contributed by atoms with E-state index in [1.54, 1.807) is 0 Å². The maximum Gasteiger partial charge on any atom is 0.0933 e. The van der Waals surface area contributed by atoms with Gasteiger partial charge in [-0.1, -0.05) is 30.3 Å². The number of nitrogens with one attached hydrogen (secondary N) is 1. The van der Waals surface area contributed by atoms with Crippen LogP contribution < -0.4 is 5.48 Å². The van der Waals surface area contributed by atoms with E-state index in [0.717, 1.165) is 6.54 Å². The van der Waals surface area contributed by atoms with Crippen molar-refractivity contribution in [3.8, 4) is 0 Å². The molecule has 0 amide bonds. The molecule has 1 unspecified atom stereocenters. The van der Waals surface area contributed by atoms with Gasteiger partial charge in [0.25, 0.3) is 0 Å². The predicted octanol–water partition coefficient (Wildman–Crippen LogP) is 2.19. The average Bonchev–Trinajstić information content (AvgIpc) is 2.56. The number of likely N-dealkylation sites (tertiary alicyclic amines) is 1. The highest BCUT2D eigenvalue weighted by Crippen LogP contribution is 2.10. The van der Waals surface area contributed by atoms with Crippen LogP contribution in [0.25, 0.3) is 0 Å². The number of rotatable bonds is 4. The Morgan fingerprint density at radius 1 is 1.24 bits per heavy atom. The van der Waals surface area contributed by atoms with Crippen LogP contribution in [0.1, 0.15) is 24.8 Å². The van der Waals surface area contributed by atoms with Crippen molar-refractivity contribution in [2.75, 3.05) is 20.1 Å². The van der Waals surface area contributed by atoms with Crippen LogP contribution in [0.3, 0.4) is 0 Å². The van der Waals surface area contributed by atoms with Gasteiger partial charge in [0, 0.05) is 6.04 Å². The van der Waals surface area contributed by atoms with Crippen molar-refractivity contribution in [1.82, 2.24) is 10.4 Å². The second-order valence-corrected chi connectivity index (χ2v) is 4.82. The second-order valence-electron chi connectivity index (χ2n) is 4.82. The van der Waals surface area contributed by atoms with E-state index in [-0.39, 0.29) is 0 Å². The molecule has 1 N–H and O–H groups in total. The van der Waals surface area contributed by atoms with Gasteiger partial charge < -0.3 is 4.90 Å². The van der Waals surface area contributed by atoms with Gasteiger partial charge in [-0.2, -0.15) is 5.48 Å². The van der Waals surface area contributed by atoms with E-state index in [9.17, 15) is 0 Å². The molecule has 0 aliphatic carbocycles. The van der Waals surface area contributed by atoms with Crippen molar-refractivity contribution in [1.29, 1.82) is 0 Å². The van der Waals surface area contributed by atoms with Crippen molar-refractivity contribution in [3.63, 3.8) is 0 Å². The molecule has 3 nitrogen and oxygen atoms in total. The standard InChI is InChI=1S/C14H22N2O/c1-16-10-5-8-14(9-11-16)15-17-12-13-6-3-2-4-7-13/h2-4,6-7,14-15H,5,8-12H2,1H3. The quantitative estimate of drug-likeness (QED) is 0.808. The Morgan fingerprint density at radius 2 is 2.06 bits per heavy atom. The minimum Gasteiger partial charge on any atom is -0.306 e. The minimum atomic E-state index is 0.503. The highest BCUT2D eigenvalue weighted by Gasteiger charge is 2.14. The van der Waals surface area contributed by atoms with Gasteiger partial charge in [-0.3, -0.25) is 4.84 Å². The van der Waals surface area contributed by atoms with Gasteiger partial charge >= 0.3 is 0 Å². The van der Waals surface area contributed by atoms with Gasteiger partial charge in [-0.25, -0.2) is 0 Å². The van der Waals surface area contributed by atoms with Crippen molar-refractivity contribution in [2.45, 2.75) is 31.9 Å². The summed E-state index contributed by atoms with van der Waals surface area (Å²) in [6, 6.07) is 10.8. The summed E-state index contributed by atoms with van der Waals surface area (Å²) in [7, 11) is 2.19. The topological polar surface area (TPSA) is 24.5 Å². The van der Waals surface area contributed by atoms with E-state index < -0.39 is 0 Å². The molecule has 1 aliphatic rings. The third-order valence-electron chi connectivity index (χ3n) is 3.28. The van der Waals surface area contributed by atoms with E-state index in [0.29, 0.717) is 12.6 Å². The molecule has 0 spiro atoms. The molecule has 1 aliphatic heterocycles. The Hall–Kier alpha value is -0.900. The predicted molar refractivity (Wildman–Crippen MR) is 69.5 cm³/mol. The number of benzene rings is 1. The maximum absolute atomic E-state index is 5.58. The molecule has 1 fully saturated rings.